The fourth-order valence-electron chi connectivity index (χ4n) is 1.81. The van der Waals surface area contributed by atoms with E-state index in [4.69, 9.17) is 4.74 Å². The highest BCUT2D eigenvalue weighted by molar-refractivity contribution is 5.84. The molecule has 1 aliphatic rings. The monoisotopic (exact) mass is 267 g/mol. The molecule has 1 fully saturated rings. The summed E-state index contributed by atoms with van der Waals surface area (Å²) in [4.78, 5) is 23.8. The summed E-state index contributed by atoms with van der Waals surface area (Å²) in [5, 5.41) is 0. The number of benzene rings is 1. The van der Waals surface area contributed by atoms with E-state index in [0.717, 1.165) is 17.6 Å². The Morgan fingerprint density at radius 1 is 1.32 bits per heavy atom. The van der Waals surface area contributed by atoms with Gasteiger partial charge in [0.1, 0.15) is 6.61 Å². The van der Waals surface area contributed by atoms with Crippen molar-refractivity contribution in [2.75, 3.05) is 20.2 Å². The molecule has 1 amide bonds. The summed E-state index contributed by atoms with van der Waals surface area (Å²) in [5.74, 6) is -0.959. The van der Waals surface area contributed by atoms with Crippen LogP contribution in [0.1, 0.15) is 5.56 Å². The normalized spacial score (nSPS) is 16.4. The third-order valence-electron chi connectivity index (χ3n) is 2.90. The minimum Gasteiger partial charge on any atom is -0.467 e. The maximum Gasteiger partial charge on any atom is 0.410 e. The van der Waals surface area contributed by atoms with Crippen molar-refractivity contribution in [1.29, 1.82) is 0 Å². The number of ether oxygens (including phenoxy) is 2. The maximum atomic E-state index is 13.7. The number of amides is 1. The molecule has 0 atom stereocenters. The molecule has 0 unspecified atom stereocenters. The van der Waals surface area contributed by atoms with Gasteiger partial charge in [0.2, 0.25) is 5.67 Å². The first kappa shape index (κ1) is 13.3. The van der Waals surface area contributed by atoms with Crippen LogP contribution >= 0.6 is 0 Å². The van der Waals surface area contributed by atoms with Crippen LogP contribution in [-0.2, 0) is 20.9 Å². The van der Waals surface area contributed by atoms with Gasteiger partial charge in [-0.1, -0.05) is 30.3 Å². The average Bonchev–Trinajstić information content (AvgIpc) is 2.41. The zero-order valence-electron chi connectivity index (χ0n) is 10.5. The second-order valence-electron chi connectivity index (χ2n) is 4.35. The maximum absolute atomic E-state index is 13.7. The van der Waals surface area contributed by atoms with E-state index in [-0.39, 0.29) is 19.7 Å². The summed E-state index contributed by atoms with van der Waals surface area (Å²) in [7, 11) is 1.11. The molecule has 0 aliphatic carbocycles. The fraction of sp³-hybridized carbons (Fsp3) is 0.385. The van der Waals surface area contributed by atoms with Crippen molar-refractivity contribution >= 4 is 12.1 Å². The van der Waals surface area contributed by atoms with E-state index in [9.17, 15) is 14.0 Å². The number of methoxy groups -OCH3 is 1. The average molecular weight is 267 g/mol. The van der Waals surface area contributed by atoms with E-state index in [1.54, 1.807) is 0 Å². The summed E-state index contributed by atoms with van der Waals surface area (Å²) in [5.41, 5.74) is -1.25. The highest BCUT2D eigenvalue weighted by Crippen LogP contribution is 2.27. The Morgan fingerprint density at radius 3 is 2.53 bits per heavy atom. The molecule has 0 bridgehead atoms. The van der Waals surface area contributed by atoms with E-state index in [0.29, 0.717) is 0 Å². The van der Waals surface area contributed by atoms with E-state index in [2.05, 4.69) is 4.74 Å². The van der Waals surface area contributed by atoms with Crippen LogP contribution < -0.4 is 0 Å². The van der Waals surface area contributed by atoms with E-state index in [1.807, 2.05) is 30.3 Å². The Kier molecular flexibility index (Phi) is 3.69. The number of halogens is 1. The number of likely N-dealkylation sites (tertiary alicyclic amines) is 1. The molecule has 1 aliphatic heterocycles. The Labute approximate surface area is 109 Å². The van der Waals surface area contributed by atoms with Crippen molar-refractivity contribution in [3.63, 3.8) is 0 Å². The molecule has 1 saturated heterocycles. The smallest absolute Gasteiger partial charge is 0.410 e. The van der Waals surface area contributed by atoms with Gasteiger partial charge in [0.05, 0.1) is 20.2 Å². The minimum atomic E-state index is -2.10. The summed E-state index contributed by atoms with van der Waals surface area (Å²) < 4.78 is 23.1. The molecule has 0 radical (unpaired) electrons. The van der Waals surface area contributed by atoms with Crippen molar-refractivity contribution in [1.82, 2.24) is 4.90 Å². The zero-order valence-corrected chi connectivity index (χ0v) is 10.5. The molecular formula is C13H14FNO4. The van der Waals surface area contributed by atoms with E-state index >= 15 is 0 Å². The first-order chi connectivity index (χ1) is 9.05. The predicted molar refractivity (Wildman–Crippen MR) is 64.1 cm³/mol. The number of nitrogens with zero attached hydrogens (tertiary/aromatic N) is 1. The van der Waals surface area contributed by atoms with E-state index < -0.39 is 17.7 Å². The van der Waals surface area contributed by atoms with Crippen LogP contribution in [0.2, 0.25) is 0 Å². The second kappa shape index (κ2) is 5.26. The van der Waals surface area contributed by atoms with Crippen LogP contribution in [0.5, 0.6) is 0 Å². The Balaban J connectivity index is 1.79. The minimum absolute atomic E-state index is 0.119. The number of esters is 1. The topological polar surface area (TPSA) is 55.8 Å². The largest absolute Gasteiger partial charge is 0.467 e. The van der Waals surface area contributed by atoms with Gasteiger partial charge < -0.3 is 14.4 Å². The van der Waals surface area contributed by atoms with Crippen molar-refractivity contribution in [2.24, 2.45) is 0 Å². The van der Waals surface area contributed by atoms with Gasteiger partial charge in [-0.05, 0) is 5.56 Å². The van der Waals surface area contributed by atoms with Gasteiger partial charge in [-0.15, -0.1) is 0 Å². The lowest BCUT2D eigenvalue weighted by Gasteiger charge is -2.40. The van der Waals surface area contributed by atoms with Gasteiger partial charge >= 0.3 is 12.1 Å². The molecule has 2 rings (SSSR count). The van der Waals surface area contributed by atoms with Crippen LogP contribution in [-0.4, -0.2) is 42.8 Å². The molecule has 0 saturated carbocycles. The lowest BCUT2D eigenvalue weighted by Crippen LogP contribution is -2.65. The molecule has 6 heteroatoms. The van der Waals surface area contributed by atoms with Crippen LogP contribution in [0.3, 0.4) is 0 Å². The van der Waals surface area contributed by atoms with Gasteiger partial charge in [0.25, 0.3) is 0 Å². The molecule has 1 heterocycles. The third-order valence-corrected chi connectivity index (χ3v) is 2.90. The molecule has 19 heavy (non-hydrogen) atoms. The third kappa shape index (κ3) is 2.83. The quantitative estimate of drug-likeness (QED) is 0.779. The Hall–Kier alpha value is -2.11. The number of alkyl halides is 1. The van der Waals surface area contributed by atoms with Gasteiger partial charge in [-0.2, -0.15) is 0 Å². The first-order valence-electron chi connectivity index (χ1n) is 5.78. The zero-order chi connectivity index (χ0) is 13.9. The molecule has 5 nitrogen and oxygen atoms in total. The van der Waals surface area contributed by atoms with Gasteiger partial charge in [-0.25, -0.2) is 14.0 Å². The van der Waals surface area contributed by atoms with Gasteiger partial charge in [-0.3, -0.25) is 0 Å². The number of carbonyl (C=O) groups is 2. The summed E-state index contributed by atoms with van der Waals surface area (Å²) >= 11 is 0. The number of rotatable bonds is 3. The van der Waals surface area contributed by atoms with Crippen LogP contribution in [0, 0.1) is 0 Å². The lowest BCUT2D eigenvalue weighted by molar-refractivity contribution is -0.165. The Bertz CT molecular complexity index is 471. The summed E-state index contributed by atoms with van der Waals surface area (Å²) in [6.07, 6.45) is -0.638. The second-order valence-corrected chi connectivity index (χ2v) is 4.35. The van der Waals surface area contributed by atoms with Gasteiger partial charge in [0.15, 0.2) is 0 Å². The summed E-state index contributed by atoms with van der Waals surface area (Å²) in [6, 6.07) is 9.15. The molecule has 1 aromatic rings. The predicted octanol–water partition coefficient (Wildman–Crippen LogP) is 1.52. The molecule has 0 N–H and O–H groups in total. The molecule has 102 valence electrons. The molecule has 1 aromatic carbocycles. The highest BCUT2D eigenvalue weighted by Gasteiger charge is 2.53. The van der Waals surface area contributed by atoms with Crippen LogP contribution in [0.25, 0.3) is 0 Å². The highest BCUT2D eigenvalue weighted by atomic mass is 19.1. The number of hydrogen-bond donors (Lipinski definition) is 0. The molecule has 0 aromatic heterocycles. The van der Waals surface area contributed by atoms with Crippen LogP contribution in [0.15, 0.2) is 30.3 Å². The first-order valence-corrected chi connectivity index (χ1v) is 5.78. The van der Waals surface area contributed by atoms with Crippen LogP contribution in [0.4, 0.5) is 9.18 Å². The van der Waals surface area contributed by atoms with E-state index in [1.165, 1.54) is 0 Å². The standard InChI is InChI=1S/C13H14FNO4/c1-18-11(16)13(14)8-15(9-13)12(17)19-7-10-5-3-2-4-6-10/h2-6H,7-9H2,1H3. The lowest BCUT2D eigenvalue weighted by atomic mass is 9.97. The number of hydrogen-bond acceptors (Lipinski definition) is 4. The SMILES string of the molecule is COC(=O)C1(F)CN(C(=O)OCc2ccccc2)C1. The molecular weight excluding hydrogens is 253 g/mol. The Morgan fingerprint density at radius 2 is 1.95 bits per heavy atom. The van der Waals surface area contributed by atoms with Crippen molar-refractivity contribution in [3.05, 3.63) is 35.9 Å². The summed E-state index contributed by atoms with van der Waals surface area (Å²) in [6.45, 7) is -0.533. The number of carbonyl (C=O) groups excluding carboxylic acids is 2. The van der Waals surface area contributed by atoms with Crippen molar-refractivity contribution in [3.8, 4) is 0 Å². The van der Waals surface area contributed by atoms with Crippen molar-refractivity contribution < 1.29 is 23.5 Å². The fourth-order valence-corrected chi connectivity index (χ4v) is 1.81. The van der Waals surface area contributed by atoms with Gasteiger partial charge in [0, 0.05) is 0 Å². The molecule has 0 spiro atoms. The van der Waals surface area contributed by atoms with Crippen molar-refractivity contribution in [2.45, 2.75) is 12.3 Å².